The summed E-state index contributed by atoms with van der Waals surface area (Å²) in [5, 5.41) is 2.94. The van der Waals surface area contributed by atoms with Gasteiger partial charge in [0, 0.05) is 48.4 Å². The Morgan fingerprint density at radius 1 is 1.17 bits per heavy atom. The first kappa shape index (κ1) is 19.5. The van der Waals surface area contributed by atoms with Crippen molar-refractivity contribution >= 4 is 46.5 Å². The molecule has 0 radical (unpaired) electrons. The van der Waals surface area contributed by atoms with Gasteiger partial charge in [0.15, 0.2) is 0 Å². The molecule has 0 saturated carbocycles. The zero-order valence-electron chi connectivity index (χ0n) is 16.5. The minimum atomic E-state index is -0.387. The molecule has 2 aliphatic rings. The van der Waals surface area contributed by atoms with Gasteiger partial charge in [-0.15, -0.1) is 11.8 Å². The van der Waals surface area contributed by atoms with Gasteiger partial charge >= 0.3 is 0 Å². The van der Waals surface area contributed by atoms with E-state index in [9.17, 15) is 14.4 Å². The van der Waals surface area contributed by atoms with Crippen molar-refractivity contribution in [1.82, 2.24) is 0 Å². The monoisotopic (exact) mass is 409 g/mol. The van der Waals surface area contributed by atoms with Gasteiger partial charge in [0.05, 0.1) is 5.92 Å². The van der Waals surface area contributed by atoms with Crippen molar-refractivity contribution in [2.24, 2.45) is 5.92 Å². The fourth-order valence-corrected chi connectivity index (χ4v) is 4.42. The third kappa shape index (κ3) is 3.87. The van der Waals surface area contributed by atoms with Crippen molar-refractivity contribution in [3.8, 4) is 0 Å². The first-order valence-corrected chi connectivity index (χ1v) is 10.8. The molecule has 0 unspecified atom stereocenters. The highest BCUT2D eigenvalue weighted by molar-refractivity contribution is 7.98. The van der Waals surface area contributed by atoms with Gasteiger partial charge in [-0.1, -0.05) is 6.07 Å². The molecule has 2 aromatic carbocycles. The van der Waals surface area contributed by atoms with Crippen molar-refractivity contribution in [3.05, 3.63) is 48.0 Å². The molecule has 1 fully saturated rings. The molecule has 2 aliphatic heterocycles. The molecular formula is C22H23N3O3S. The molecule has 29 heavy (non-hydrogen) atoms. The SMILES string of the molecule is CSc1cccc(NC(=O)[C@H]2CC(=O)N(c3ccc4c(c3)CCN4C(C)=O)C2)c1. The number of hydrogen-bond acceptors (Lipinski definition) is 4. The van der Waals surface area contributed by atoms with E-state index in [2.05, 4.69) is 5.32 Å². The Morgan fingerprint density at radius 3 is 2.76 bits per heavy atom. The number of rotatable bonds is 4. The zero-order chi connectivity index (χ0) is 20.5. The van der Waals surface area contributed by atoms with Crippen LogP contribution in [0.4, 0.5) is 17.1 Å². The quantitative estimate of drug-likeness (QED) is 0.787. The summed E-state index contributed by atoms with van der Waals surface area (Å²) in [5.74, 6) is -0.550. The normalized spacial score (nSPS) is 18.1. The van der Waals surface area contributed by atoms with Crippen LogP contribution in [0.15, 0.2) is 47.4 Å². The molecule has 1 N–H and O–H groups in total. The smallest absolute Gasteiger partial charge is 0.229 e. The first-order chi connectivity index (χ1) is 14.0. The molecule has 0 aliphatic carbocycles. The van der Waals surface area contributed by atoms with Gasteiger partial charge in [0.1, 0.15) is 0 Å². The van der Waals surface area contributed by atoms with E-state index in [0.29, 0.717) is 13.1 Å². The molecule has 6 nitrogen and oxygen atoms in total. The standard InChI is InChI=1S/C22H23N3O3S/c1-14(26)24-9-8-15-10-18(6-7-20(15)24)25-13-16(11-21(25)27)22(28)23-17-4-3-5-19(12-17)29-2/h3-7,10,12,16H,8-9,11,13H2,1-2H3,(H,23,28)/t16-/m0/s1. The predicted molar refractivity (Wildman–Crippen MR) is 115 cm³/mol. The van der Waals surface area contributed by atoms with E-state index < -0.39 is 0 Å². The summed E-state index contributed by atoms with van der Waals surface area (Å²) in [6.45, 7) is 2.59. The summed E-state index contributed by atoms with van der Waals surface area (Å²) < 4.78 is 0. The topological polar surface area (TPSA) is 69.7 Å². The van der Waals surface area contributed by atoms with E-state index in [0.717, 1.165) is 33.9 Å². The second-order valence-corrected chi connectivity index (χ2v) is 8.24. The summed E-state index contributed by atoms with van der Waals surface area (Å²) in [6.07, 6.45) is 2.96. The summed E-state index contributed by atoms with van der Waals surface area (Å²) >= 11 is 1.61. The van der Waals surface area contributed by atoms with Crippen molar-refractivity contribution in [2.75, 3.05) is 34.5 Å². The van der Waals surface area contributed by atoms with Gasteiger partial charge in [-0.25, -0.2) is 0 Å². The number of benzene rings is 2. The molecule has 2 aromatic rings. The van der Waals surface area contributed by atoms with Gasteiger partial charge in [-0.3, -0.25) is 14.4 Å². The Labute approximate surface area is 174 Å². The van der Waals surface area contributed by atoms with Gasteiger partial charge < -0.3 is 15.1 Å². The van der Waals surface area contributed by atoms with Crippen molar-refractivity contribution in [2.45, 2.75) is 24.7 Å². The zero-order valence-corrected chi connectivity index (χ0v) is 17.3. The van der Waals surface area contributed by atoms with Gasteiger partial charge in [-0.2, -0.15) is 0 Å². The Bertz CT molecular complexity index is 991. The largest absolute Gasteiger partial charge is 0.326 e. The highest BCUT2D eigenvalue weighted by atomic mass is 32.2. The van der Waals surface area contributed by atoms with Crippen LogP contribution < -0.4 is 15.1 Å². The van der Waals surface area contributed by atoms with Crippen molar-refractivity contribution < 1.29 is 14.4 Å². The summed E-state index contributed by atoms with van der Waals surface area (Å²) in [6, 6.07) is 13.4. The Hall–Kier alpha value is -2.80. The number of thioether (sulfide) groups is 1. The first-order valence-electron chi connectivity index (χ1n) is 9.62. The minimum absolute atomic E-state index is 0.0241. The summed E-state index contributed by atoms with van der Waals surface area (Å²) in [7, 11) is 0. The minimum Gasteiger partial charge on any atom is -0.326 e. The highest BCUT2D eigenvalue weighted by Crippen LogP contribution is 2.34. The lowest BCUT2D eigenvalue weighted by molar-refractivity contribution is -0.122. The molecule has 1 atom stereocenters. The Kier molecular flexibility index (Phi) is 5.32. The molecule has 2 heterocycles. The lowest BCUT2D eigenvalue weighted by Gasteiger charge is -2.19. The fourth-order valence-electron chi connectivity index (χ4n) is 3.96. The molecule has 4 rings (SSSR count). The van der Waals surface area contributed by atoms with Crippen molar-refractivity contribution in [3.63, 3.8) is 0 Å². The Balaban J connectivity index is 1.47. The number of hydrogen-bond donors (Lipinski definition) is 1. The van der Waals surface area contributed by atoms with Crippen LogP contribution in [-0.2, 0) is 20.8 Å². The number of fused-ring (bicyclic) bond motifs is 1. The molecule has 1 saturated heterocycles. The van der Waals surface area contributed by atoms with E-state index in [4.69, 9.17) is 0 Å². The van der Waals surface area contributed by atoms with E-state index in [1.165, 1.54) is 0 Å². The lowest BCUT2D eigenvalue weighted by Crippen LogP contribution is -2.28. The molecular weight excluding hydrogens is 386 g/mol. The molecule has 0 bridgehead atoms. The average molecular weight is 410 g/mol. The van der Waals surface area contributed by atoms with Gasteiger partial charge in [-0.05, 0) is 54.6 Å². The van der Waals surface area contributed by atoms with Crippen LogP contribution in [0.1, 0.15) is 18.9 Å². The van der Waals surface area contributed by atoms with Crippen LogP contribution in [0.2, 0.25) is 0 Å². The van der Waals surface area contributed by atoms with Crippen LogP contribution in [0, 0.1) is 5.92 Å². The van der Waals surface area contributed by atoms with E-state index in [1.54, 1.807) is 28.5 Å². The van der Waals surface area contributed by atoms with Crippen LogP contribution >= 0.6 is 11.8 Å². The molecule has 0 aromatic heterocycles. The third-order valence-corrected chi connectivity index (χ3v) is 6.21. The number of nitrogens with one attached hydrogen (secondary N) is 1. The number of nitrogens with zero attached hydrogens (tertiary/aromatic N) is 2. The van der Waals surface area contributed by atoms with E-state index in [1.807, 2.05) is 48.7 Å². The molecule has 0 spiro atoms. The van der Waals surface area contributed by atoms with Crippen LogP contribution in [0.3, 0.4) is 0 Å². The summed E-state index contributed by atoms with van der Waals surface area (Å²) in [4.78, 5) is 41.5. The number of amides is 3. The highest BCUT2D eigenvalue weighted by Gasteiger charge is 2.36. The lowest BCUT2D eigenvalue weighted by atomic mass is 10.1. The van der Waals surface area contributed by atoms with E-state index in [-0.39, 0.29) is 30.1 Å². The number of anilines is 3. The number of carbonyl (C=O) groups is 3. The summed E-state index contributed by atoms with van der Waals surface area (Å²) in [5.41, 5.74) is 3.51. The second kappa shape index (κ2) is 7.91. The van der Waals surface area contributed by atoms with Crippen LogP contribution in [0.25, 0.3) is 0 Å². The molecule has 3 amide bonds. The van der Waals surface area contributed by atoms with Crippen molar-refractivity contribution in [1.29, 1.82) is 0 Å². The fraction of sp³-hybridized carbons (Fsp3) is 0.318. The molecule has 7 heteroatoms. The number of carbonyl (C=O) groups excluding carboxylic acids is 3. The molecule has 150 valence electrons. The maximum Gasteiger partial charge on any atom is 0.229 e. The Morgan fingerprint density at radius 2 is 2.00 bits per heavy atom. The van der Waals surface area contributed by atoms with E-state index >= 15 is 0 Å². The maximum absolute atomic E-state index is 12.7. The van der Waals surface area contributed by atoms with Crippen LogP contribution in [0.5, 0.6) is 0 Å². The predicted octanol–water partition coefficient (Wildman–Crippen LogP) is 3.31. The van der Waals surface area contributed by atoms with Crippen LogP contribution in [-0.4, -0.2) is 37.1 Å². The third-order valence-electron chi connectivity index (χ3n) is 5.48. The average Bonchev–Trinajstić information content (AvgIpc) is 3.31. The van der Waals surface area contributed by atoms with Gasteiger partial charge in [0.25, 0.3) is 0 Å². The second-order valence-electron chi connectivity index (χ2n) is 7.36. The maximum atomic E-state index is 12.7. The van der Waals surface area contributed by atoms with Gasteiger partial charge in [0.2, 0.25) is 17.7 Å².